The van der Waals surface area contributed by atoms with E-state index in [9.17, 15) is 4.79 Å². The number of thiophene rings is 1. The first-order valence-corrected chi connectivity index (χ1v) is 9.77. The van der Waals surface area contributed by atoms with Gasteiger partial charge in [-0.1, -0.05) is 53.5 Å². The summed E-state index contributed by atoms with van der Waals surface area (Å²) in [6, 6.07) is 15.1. The Hall–Kier alpha value is -1.92. The molecule has 1 amide bonds. The SMILES string of the molecule is O=C(Nc1nc(-c2cccc(Cl)c2)cs1)c1sc2ccccc2c1Cl. The summed E-state index contributed by atoms with van der Waals surface area (Å²) in [5.41, 5.74) is 1.68. The Morgan fingerprint density at radius 3 is 2.72 bits per heavy atom. The third-order valence-electron chi connectivity index (χ3n) is 3.59. The number of hydrogen-bond acceptors (Lipinski definition) is 4. The highest BCUT2D eigenvalue weighted by atomic mass is 35.5. The van der Waals surface area contributed by atoms with Gasteiger partial charge in [0, 0.05) is 26.1 Å². The molecule has 0 radical (unpaired) electrons. The molecule has 0 unspecified atom stereocenters. The molecule has 2 aromatic heterocycles. The van der Waals surface area contributed by atoms with Crippen molar-refractivity contribution < 1.29 is 4.79 Å². The molecule has 0 spiro atoms. The maximum atomic E-state index is 12.6. The molecule has 0 aliphatic heterocycles. The Bertz CT molecular complexity index is 1090. The number of carbonyl (C=O) groups excluding carboxylic acids is 1. The van der Waals surface area contributed by atoms with Gasteiger partial charge in [0.05, 0.1) is 10.7 Å². The molecule has 0 aliphatic carbocycles. The molecule has 4 rings (SSSR count). The summed E-state index contributed by atoms with van der Waals surface area (Å²) >= 11 is 15.1. The van der Waals surface area contributed by atoms with Gasteiger partial charge in [-0.05, 0) is 18.2 Å². The van der Waals surface area contributed by atoms with Crippen molar-refractivity contribution >= 4 is 67.0 Å². The Morgan fingerprint density at radius 1 is 1.08 bits per heavy atom. The second kappa shape index (κ2) is 6.77. The third kappa shape index (κ3) is 3.28. The number of nitrogens with zero attached hydrogens (tertiary/aromatic N) is 1. The van der Waals surface area contributed by atoms with Crippen molar-refractivity contribution in [1.82, 2.24) is 4.98 Å². The molecule has 0 saturated heterocycles. The molecule has 0 fully saturated rings. The highest BCUT2D eigenvalue weighted by Crippen LogP contribution is 2.36. The molecule has 0 saturated carbocycles. The average molecular weight is 405 g/mol. The number of aromatic nitrogens is 1. The molecule has 2 heterocycles. The summed E-state index contributed by atoms with van der Waals surface area (Å²) in [6.45, 7) is 0. The monoisotopic (exact) mass is 404 g/mol. The van der Waals surface area contributed by atoms with Crippen molar-refractivity contribution in [1.29, 1.82) is 0 Å². The van der Waals surface area contributed by atoms with Crippen LogP contribution in [0.25, 0.3) is 21.3 Å². The quantitative estimate of drug-likeness (QED) is 0.418. The minimum Gasteiger partial charge on any atom is -0.297 e. The first-order valence-electron chi connectivity index (χ1n) is 7.31. The lowest BCUT2D eigenvalue weighted by atomic mass is 10.2. The number of rotatable bonds is 3. The first kappa shape index (κ1) is 16.5. The van der Waals surface area contributed by atoms with Gasteiger partial charge in [0.25, 0.3) is 5.91 Å². The number of amides is 1. The van der Waals surface area contributed by atoms with Gasteiger partial charge in [-0.2, -0.15) is 0 Å². The van der Waals surface area contributed by atoms with Gasteiger partial charge in [0.15, 0.2) is 5.13 Å². The molecule has 0 bridgehead atoms. The number of halogens is 2. The molecular weight excluding hydrogens is 395 g/mol. The van der Waals surface area contributed by atoms with Gasteiger partial charge in [-0.15, -0.1) is 22.7 Å². The van der Waals surface area contributed by atoms with Crippen LogP contribution in [0.15, 0.2) is 53.9 Å². The highest BCUT2D eigenvalue weighted by Gasteiger charge is 2.18. The van der Waals surface area contributed by atoms with Crippen molar-refractivity contribution in [2.45, 2.75) is 0 Å². The molecule has 0 aliphatic rings. The van der Waals surface area contributed by atoms with Crippen molar-refractivity contribution in [3.8, 4) is 11.3 Å². The van der Waals surface area contributed by atoms with Crippen LogP contribution < -0.4 is 5.32 Å². The van der Waals surface area contributed by atoms with E-state index in [4.69, 9.17) is 23.2 Å². The number of carbonyl (C=O) groups is 1. The van der Waals surface area contributed by atoms with E-state index >= 15 is 0 Å². The lowest BCUT2D eigenvalue weighted by Crippen LogP contribution is -2.10. The second-order valence-electron chi connectivity index (χ2n) is 5.24. The van der Waals surface area contributed by atoms with Crippen LogP contribution in [0.1, 0.15) is 9.67 Å². The molecule has 124 valence electrons. The fourth-order valence-corrected chi connectivity index (χ4v) is 4.74. The van der Waals surface area contributed by atoms with Gasteiger partial charge in [-0.3, -0.25) is 10.1 Å². The van der Waals surface area contributed by atoms with Gasteiger partial charge >= 0.3 is 0 Å². The van der Waals surface area contributed by atoms with E-state index in [0.29, 0.717) is 20.1 Å². The smallest absolute Gasteiger partial charge is 0.269 e. The fourth-order valence-electron chi connectivity index (χ4n) is 2.43. The Balaban J connectivity index is 1.60. The van der Waals surface area contributed by atoms with Gasteiger partial charge < -0.3 is 0 Å². The zero-order valence-electron chi connectivity index (χ0n) is 12.6. The minimum absolute atomic E-state index is 0.252. The number of nitrogens with one attached hydrogen (secondary N) is 1. The minimum atomic E-state index is -0.252. The molecule has 4 aromatic rings. The van der Waals surface area contributed by atoms with E-state index in [1.807, 2.05) is 53.9 Å². The van der Waals surface area contributed by atoms with Crippen molar-refractivity contribution in [2.75, 3.05) is 5.32 Å². The van der Waals surface area contributed by atoms with E-state index in [1.165, 1.54) is 22.7 Å². The summed E-state index contributed by atoms with van der Waals surface area (Å²) in [5.74, 6) is -0.252. The maximum absolute atomic E-state index is 12.6. The molecular formula is C18H10Cl2N2OS2. The van der Waals surface area contributed by atoms with E-state index in [-0.39, 0.29) is 5.91 Å². The first-order chi connectivity index (χ1) is 12.1. The molecule has 25 heavy (non-hydrogen) atoms. The van der Waals surface area contributed by atoms with Crippen LogP contribution in [-0.2, 0) is 0 Å². The molecule has 3 nitrogen and oxygen atoms in total. The summed E-state index contributed by atoms with van der Waals surface area (Å²) in [6.07, 6.45) is 0. The zero-order chi connectivity index (χ0) is 17.4. The van der Waals surface area contributed by atoms with Crippen molar-refractivity contribution in [3.05, 3.63) is 68.8 Å². The van der Waals surface area contributed by atoms with Gasteiger partial charge in [-0.25, -0.2) is 4.98 Å². The predicted molar refractivity (Wildman–Crippen MR) is 107 cm³/mol. The highest BCUT2D eigenvalue weighted by molar-refractivity contribution is 7.21. The lowest BCUT2D eigenvalue weighted by Gasteiger charge is -2.00. The summed E-state index contributed by atoms with van der Waals surface area (Å²) in [4.78, 5) is 17.5. The molecule has 2 aromatic carbocycles. The van der Waals surface area contributed by atoms with Crippen LogP contribution in [0.2, 0.25) is 10.0 Å². The van der Waals surface area contributed by atoms with E-state index in [2.05, 4.69) is 10.3 Å². The van der Waals surface area contributed by atoms with Crippen LogP contribution in [0, 0.1) is 0 Å². The normalized spacial score (nSPS) is 11.0. The van der Waals surface area contributed by atoms with Crippen molar-refractivity contribution in [3.63, 3.8) is 0 Å². The standard InChI is InChI=1S/C18H10Cl2N2OS2/c19-11-5-3-4-10(8-11)13-9-24-18(21-13)22-17(23)16-15(20)12-6-1-2-7-14(12)25-16/h1-9H,(H,21,22,23). The van der Waals surface area contributed by atoms with Crippen LogP contribution in [-0.4, -0.2) is 10.9 Å². The largest absolute Gasteiger partial charge is 0.297 e. The second-order valence-corrected chi connectivity index (χ2v) is 7.97. The number of benzene rings is 2. The van der Waals surface area contributed by atoms with Crippen LogP contribution in [0.4, 0.5) is 5.13 Å². The van der Waals surface area contributed by atoms with Crippen LogP contribution >= 0.6 is 45.9 Å². The van der Waals surface area contributed by atoms with E-state index < -0.39 is 0 Å². The summed E-state index contributed by atoms with van der Waals surface area (Å²) < 4.78 is 0.983. The van der Waals surface area contributed by atoms with Crippen LogP contribution in [0.5, 0.6) is 0 Å². The van der Waals surface area contributed by atoms with E-state index in [1.54, 1.807) is 0 Å². The van der Waals surface area contributed by atoms with Gasteiger partial charge in [0.1, 0.15) is 4.88 Å². The number of hydrogen-bond donors (Lipinski definition) is 1. The molecule has 1 N–H and O–H groups in total. The number of thiazole rings is 1. The Kier molecular flexibility index (Phi) is 4.48. The van der Waals surface area contributed by atoms with E-state index in [0.717, 1.165) is 21.3 Å². The van der Waals surface area contributed by atoms with Crippen molar-refractivity contribution in [2.24, 2.45) is 0 Å². The Labute approximate surface area is 161 Å². The topological polar surface area (TPSA) is 42.0 Å². The zero-order valence-corrected chi connectivity index (χ0v) is 15.8. The maximum Gasteiger partial charge on any atom is 0.269 e. The lowest BCUT2D eigenvalue weighted by molar-refractivity contribution is 0.103. The number of fused-ring (bicyclic) bond motifs is 1. The predicted octanol–water partition coefficient (Wildman–Crippen LogP) is 6.58. The fraction of sp³-hybridized carbons (Fsp3) is 0. The molecule has 0 atom stereocenters. The van der Waals surface area contributed by atoms with Gasteiger partial charge in [0.2, 0.25) is 0 Å². The molecule has 7 heteroatoms. The number of anilines is 1. The Morgan fingerprint density at radius 2 is 1.92 bits per heavy atom. The van der Waals surface area contributed by atoms with Crippen LogP contribution in [0.3, 0.4) is 0 Å². The average Bonchev–Trinajstić information content (AvgIpc) is 3.20. The third-order valence-corrected chi connectivity index (χ3v) is 6.25. The summed E-state index contributed by atoms with van der Waals surface area (Å²) in [5, 5.41) is 7.24. The summed E-state index contributed by atoms with van der Waals surface area (Å²) in [7, 11) is 0.